The van der Waals surface area contributed by atoms with E-state index in [9.17, 15) is 4.79 Å². The van der Waals surface area contributed by atoms with Crippen molar-refractivity contribution in [3.8, 4) is 0 Å². The first-order valence-electron chi connectivity index (χ1n) is 11.6. The van der Waals surface area contributed by atoms with Gasteiger partial charge in [-0.05, 0) is 44.7 Å². The smallest absolute Gasteiger partial charge is 0.239 e. The van der Waals surface area contributed by atoms with Crippen LogP contribution in [0.5, 0.6) is 0 Å². The summed E-state index contributed by atoms with van der Waals surface area (Å²) < 4.78 is 0. The molecule has 7 nitrogen and oxygen atoms in total. The number of amides is 1. The summed E-state index contributed by atoms with van der Waals surface area (Å²) in [6.45, 7) is 10.5. The largest absolute Gasteiger partial charge is 0.358 e. The zero-order chi connectivity index (χ0) is 21.8. The normalized spacial score (nSPS) is 18.7. The first kappa shape index (κ1) is 24.8. The molecule has 0 aliphatic carbocycles. The van der Waals surface area contributed by atoms with Crippen molar-refractivity contribution < 1.29 is 4.79 Å². The van der Waals surface area contributed by atoms with Crippen LogP contribution in [0.15, 0.2) is 29.3 Å². The summed E-state index contributed by atoms with van der Waals surface area (Å²) in [5.41, 5.74) is 3.81. The van der Waals surface area contributed by atoms with Crippen LogP contribution in [0, 0.1) is 6.92 Å². The summed E-state index contributed by atoms with van der Waals surface area (Å²) in [6.07, 6.45) is 3.24. The van der Waals surface area contributed by atoms with Crippen LogP contribution in [0.1, 0.15) is 31.0 Å². The van der Waals surface area contributed by atoms with Gasteiger partial charge in [-0.25, -0.2) is 0 Å². The SMILES string of the molecule is CN=C(NCCc1c(C)[nH]c2ccccc12)N1CCN(C(C)C(=O)N2CCCC2)CC1.I. The lowest BCUT2D eigenvalue weighted by atomic mass is 10.1. The lowest BCUT2D eigenvalue weighted by Crippen LogP contribution is -2.57. The van der Waals surface area contributed by atoms with Crippen molar-refractivity contribution in [2.45, 2.75) is 39.2 Å². The number of aliphatic imine (C=N–C) groups is 1. The molecule has 0 bridgehead atoms. The van der Waals surface area contributed by atoms with Crippen LogP contribution in [0.3, 0.4) is 0 Å². The van der Waals surface area contributed by atoms with Crippen LogP contribution in [0.4, 0.5) is 0 Å². The second-order valence-corrected chi connectivity index (χ2v) is 8.73. The Hall–Kier alpha value is -1.81. The molecule has 0 radical (unpaired) electrons. The van der Waals surface area contributed by atoms with Crippen LogP contribution < -0.4 is 5.32 Å². The molecule has 2 fully saturated rings. The number of fused-ring (bicyclic) bond motifs is 1. The predicted octanol–water partition coefficient (Wildman–Crippen LogP) is 2.84. The van der Waals surface area contributed by atoms with E-state index in [1.165, 1.54) is 22.2 Å². The molecule has 1 amide bonds. The topological polar surface area (TPSA) is 67.0 Å². The Labute approximate surface area is 208 Å². The number of guanidine groups is 1. The van der Waals surface area contributed by atoms with Crippen LogP contribution in [0.2, 0.25) is 0 Å². The molecular formula is C24H37IN6O. The van der Waals surface area contributed by atoms with Gasteiger partial charge >= 0.3 is 0 Å². The van der Waals surface area contributed by atoms with E-state index < -0.39 is 0 Å². The van der Waals surface area contributed by atoms with Gasteiger partial charge in [0.05, 0.1) is 6.04 Å². The highest BCUT2D eigenvalue weighted by atomic mass is 127. The van der Waals surface area contributed by atoms with Crippen LogP contribution in [-0.4, -0.2) is 90.5 Å². The number of benzene rings is 1. The van der Waals surface area contributed by atoms with E-state index in [1.807, 2.05) is 11.9 Å². The number of aromatic amines is 1. The molecule has 3 heterocycles. The van der Waals surface area contributed by atoms with Gasteiger partial charge in [-0.3, -0.25) is 14.7 Å². The molecule has 0 saturated carbocycles. The average Bonchev–Trinajstić information content (AvgIpc) is 3.44. The molecule has 2 N–H and O–H groups in total. The molecule has 1 atom stereocenters. The lowest BCUT2D eigenvalue weighted by Gasteiger charge is -2.39. The van der Waals surface area contributed by atoms with E-state index in [-0.39, 0.29) is 30.0 Å². The summed E-state index contributed by atoms with van der Waals surface area (Å²) in [5, 5.41) is 4.86. The van der Waals surface area contributed by atoms with Crippen molar-refractivity contribution >= 4 is 46.7 Å². The van der Waals surface area contributed by atoms with E-state index in [4.69, 9.17) is 0 Å². The second-order valence-electron chi connectivity index (χ2n) is 8.73. The third-order valence-corrected chi connectivity index (χ3v) is 6.83. The van der Waals surface area contributed by atoms with Gasteiger partial charge in [0, 0.05) is 69.5 Å². The number of hydrogen-bond acceptors (Lipinski definition) is 3. The number of aryl methyl sites for hydroxylation is 1. The molecule has 2 aliphatic rings. The van der Waals surface area contributed by atoms with Crippen LogP contribution in [0.25, 0.3) is 10.9 Å². The quantitative estimate of drug-likeness (QED) is 0.340. The molecule has 2 aliphatic heterocycles. The molecular weight excluding hydrogens is 515 g/mol. The number of para-hydroxylation sites is 1. The van der Waals surface area contributed by atoms with Crippen LogP contribution >= 0.6 is 24.0 Å². The fraction of sp³-hybridized carbons (Fsp3) is 0.583. The standard InChI is InChI=1S/C24H36N6O.HI/c1-18-20(21-8-4-5-9-22(21)27-18)10-11-26-24(25-3)30-16-14-28(15-17-30)19(2)23(31)29-12-6-7-13-29;/h4-5,8-9,19,27H,6-7,10-17H2,1-3H3,(H,25,26);1H. The number of carbonyl (C=O) groups excluding carboxylic acids is 1. The van der Waals surface area contributed by atoms with Crippen molar-refractivity contribution in [2.75, 3.05) is 52.9 Å². The number of piperazine rings is 1. The zero-order valence-electron chi connectivity index (χ0n) is 19.6. The third kappa shape index (κ3) is 5.39. The molecule has 1 aromatic heterocycles. The number of hydrogen-bond donors (Lipinski definition) is 2. The summed E-state index contributed by atoms with van der Waals surface area (Å²) in [7, 11) is 1.85. The molecule has 0 spiro atoms. The number of nitrogens with one attached hydrogen (secondary N) is 2. The van der Waals surface area contributed by atoms with Crippen molar-refractivity contribution in [3.63, 3.8) is 0 Å². The Morgan fingerprint density at radius 3 is 2.47 bits per heavy atom. The number of nitrogens with zero attached hydrogens (tertiary/aromatic N) is 4. The predicted molar refractivity (Wildman–Crippen MR) is 142 cm³/mol. The maximum absolute atomic E-state index is 12.7. The fourth-order valence-corrected chi connectivity index (χ4v) is 4.97. The fourth-order valence-electron chi connectivity index (χ4n) is 4.97. The first-order valence-corrected chi connectivity index (χ1v) is 11.6. The molecule has 1 unspecified atom stereocenters. The summed E-state index contributed by atoms with van der Waals surface area (Å²) in [6, 6.07) is 8.46. The van der Waals surface area contributed by atoms with Crippen molar-refractivity contribution in [1.82, 2.24) is 25.0 Å². The highest BCUT2D eigenvalue weighted by molar-refractivity contribution is 14.0. The molecule has 2 aromatic rings. The zero-order valence-corrected chi connectivity index (χ0v) is 21.9. The second kappa shape index (κ2) is 11.4. The lowest BCUT2D eigenvalue weighted by molar-refractivity contribution is -0.135. The molecule has 176 valence electrons. The highest BCUT2D eigenvalue weighted by Gasteiger charge is 2.30. The summed E-state index contributed by atoms with van der Waals surface area (Å²) >= 11 is 0. The van der Waals surface area contributed by atoms with Crippen LogP contribution in [-0.2, 0) is 11.2 Å². The maximum Gasteiger partial charge on any atom is 0.239 e. The number of aromatic nitrogens is 1. The Kier molecular flexibility index (Phi) is 8.81. The van der Waals surface area contributed by atoms with E-state index in [0.29, 0.717) is 5.91 Å². The monoisotopic (exact) mass is 552 g/mol. The van der Waals surface area contributed by atoms with Crippen molar-refractivity contribution in [3.05, 3.63) is 35.5 Å². The first-order chi connectivity index (χ1) is 15.1. The Bertz CT molecular complexity index is 928. The van der Waals surface area contributed by atoms with Gasteiger partial charge in [0.2, 0.25) is 5.91 Å². The highest BCUT2D eigenvalue weighted by Crippen LogP contribution is 2.22. The minimum Gasteiger partial charge on any atom is -0.358 e. The number of likely N-dealkylation sites (tertiary alicyclic amines) is 1. The third-order valence-electron chi connectivity index (χ3n) is 6.83. The Balaban J connectivity index is 0.00000289. The summed E-state index contributed by atoms with van der Waals surface area (Å²) in [5.74, 6) is 1.25. The maximum atomic E-state index is 12.7. The summed E-state index contributed by atoms with van der Waals surface area (Å²) in [4.78, 5) is 27.4. The molecule has 4 rings (SSSR count). The van der Waals surface area contributed by atoms with Gasteiger partial charge in [-0.15, -0.1) is 24.0 Å². The van der Waals surface area contributed by atoms with Gasteiger partial charge < -0.3 is 20.1 Å². The molecule has 8 heteroatoms. The van der Waals surface area contributed by atoms with E-state index in [2.05, 4.69) is 63.2 Å². The number of carbonyl (C=O) groups is 1. The van der Waals surface area contributed by atoms with E-state index in [0.717, 1.165) is 71.0 Å². The number of rotatable bonds is 5. The van der Waals surface area contributed by atoms with Gasteiger partial charge in [0.15, 0.2) is 5.96 Å². The average molecular weight is 553 g/mol. The van der Waals surface area contributed by atoms with Crippen molar-refractivity contribution in [1.29, 1.82) is 0 Å². The van der Waals surface area contributed by atoms with Gasteiger partial charge in [0.25, 0.3) is 0 Å². The Morgan fingerprint density at radius 1 is 1.09 bits per heavy atom. The minimum absolute atomic E-state index is 0. The van der Waals surface area contributed by atoms with Gasteiger partial charge in [-0.1, -0.05) is 18.2 Å². The number of H-pyrrole nitrogens is 1. The number of halogens is 1. The molecule has 1 aromatic carbocycles. The van der Waals surface area contributed by atoms with Gasteiger partial charge in [-0.2, -0.15) is 0 Å². The Morgan fingerprint density at radius 2 is 1.78 bits per heavy atom. The van der Waals surface area contributed by atoms with E-state index >= 15 is 0 Å². The van der Waals surface area contributed by atoms with Crippen molar-refractivity contribution in [2.24, 2.45) is 4.99 Å². The van der Waals surface area contributed by atoms with E-state index in [1.54, 1.807) is 0 Å². The van der Waals surface area contributed by atoms with Gasteiger partial charge in [0.1, 0.15) is 0 Å². The molecule has 2 saturated heterocycles. The molecule has 32 heavy (non-hydrogen) atoms. The minimum atomic E-state index is -0.0277.